The zero-order chi connectivity index (χ0) is 13.5. The number of halogens is 2. The van der Waals surface area contributed by atoms with Gasteiger partial charge in [0.15, 0.2) is 0 Å². The van der Waals surface area contributed by atoms with E-state index in [-0.39, 0.29) is 0 Å². The first-order chi connectivity index (χ1) is 8.49. The van der Waals surface area contributed by atoms with Crippen molar-refractivity contribution in [2.75, 3.05) is 26.7 Å². The number of hydrogen-bond donors (Lipinski definition) is 1. The number of rotatable bonds is 7. The number of nitrogens with one attached hydrogen (secondary N) is 1. The predicted octanol–water partition coefficient (Wildman–Crippen LogP) is 3.67. The molecular weight excluding hydrogens is 267 g/mol. The summed E-state index contributed by atoms with van der Waals surface area (Å²) in [6, 6.07) is 5.80. The molecule has 1 aromatic carbocycles. The van der Waals surface area contributed by atoms with Gasteiger partial charge in [-0.1, -0.05) is 43.1 Å². The van der Waals surface area contributed by atoms with Crippen LogP contribution in [0.4, 0.5) is 0 Å². The topological polar surface area (TPSA) is 15.3 Å². The minimum Gasteiger partial charge on any atom is -0.315 e. The highest BCUT2D eigenvalue weighted by atomic mass is 35.5. The lowest BCUT2D eigenvalue weighted by Gasteiger charge is -2.17. The summed E-state index contributed by atoms with van der Waals surface area (Å²) in [4.78, 5) is 2.27. The van der Waals surface area contributed by atoms with Gasteiger partial charge in [0.2, 0.25) is 0 Å². The molecule has 0 heterocycles. The van der Waals surface area contributed by atoms with Crippen molar-refractivity contribution in [2.45, 2.75) is 20.4 Å². The van der Waals surface area contributed by atoms with E-state index in [2.05, 4.69) is 31.1 Å². The van der Waals surface area contributed by atoms with Crippen LogP contribution in [-0.4, -0.2) is 31.6 Å². The monoisotopic (exact) mass is 288 g/mol. The summed E-state index contributed by atoms with van der Waals surface area (Å²) in [5, 5.41) is 4.67. The van der Waals surface area contributed by atoms with E-state index in [0.717, 1.165) is 26.2 Å². The Morgan fingerprint density at radius 2 is 1.94 bits per heavy atom. The standard InChI is InChI=1S/C14H22Cl2N2/c1-11(2)9-17-6-7-18(3)10-12-4-5-13(15)14(16)8-12/h4-5,8,11,17H,6-7,9-10H2,1-3H3. The van der Waals surface area contributed by atoms with Crippen LogP contribution >= 0.6 is 23.2 Å². The Balaban J connectivity index is 2.31. The first-order valence-corrected chi connectivity index (χ1v) is 7.08. The maximum atomic E-state index is 6.00. The molecular formula is C14H22Cl2N2. The molecule has 1 rings (SSSR count). The number of hydrogen-bond acceptors (Lipinski definition) is 2. The van der Waals surface area contributed by atoms with Crippen molar-refractivity contribution in [2.24, 2.45) is 5.92 Å². The van der Waals surface area contributed by atoms with Crippen LogP contribution in [0.1, 0.15) is 19.4 Å². The second-order valence-electron chi connectivity index (χ2n) is 5.08. The van der Waals surface area contributed by atoms with Gasteiger partial charge in [-0.2, -0.15) is 0 Å². The quantitative estimate of drug-likeness (QED) is 0.770. The van der Waals surface area contributed by atoms with Gasteiger partial charge in [-0.3, -0.25) is 0 Å². The molecule has 0 unspecified atom stereocenters. The fraction of sp³-hybridized carbons (Fsp3) is 0.571. The van der Waals surface area contributed by atoms with Crippen LogP contribution < -0.4 is 5.32 Å². The van der Waals surface area contributed by atoms with Crippen molar-refractivity contribution in [1.82, 2.24) is 10.2 Å². The van der Waals surface area contributed by atoms with Crippen LogP contribution in [0.25, 0.3) is 0 Å². The van der Waals surface area contributed by atoms with E-state index < -0.39 is 0 Å². The Kier molecular flexibility index (Phi) is 7.02. The van der Waals surface area contributed by atoms with E-state index in [1.807, 2.05) is 18.2 Å². The smallest absolute Gasteiger partial charge is 0.0595 e. The van der Waals surface area contributed by atoms with E-state index in [9.17, 15) is 0 Å². The zero-order valence-electron chi connectivity index (χ0n) is 11.3. The van der Waals surface area contributed by atoms with Crippen molar-refractivity contribution in [3.05, 3.63) is 33.8 Å². The van der Waals surface area contributed by atoms with E-state index in [1.54, 1.807) is 0 Å². The molecule has 1 aromatic rings. The Bertz CT molecular complexity index is 367. The first-order valence-electron chi connectivity index (χ1n) is 6.32. The van der Waals surface area contributed by atoms with Crippen LogP contribution in [0.3, 0.4) is 0 Å². The van der Waals surface area contributed by atoms with E-state index in [1.165, 1.54) is 5.56 Å². The molecule has 0 bridgehead atoms. The lowest BCUT2D eigenvalue weighted by atomic mass is 10.2. The SMILES string of the molecule is CC(C)CNCCN(C)Cc1ccc(Cl)c(Cl)c1. The van der Waals surface area contributed by atoms with Crippen molar-refractivity contribution in [3.63, 3.8) is 0 Å². The van der Waals surface area contributed by atoms with E-state index in [0.29, 0.717) is 16.0 Å². The first kappa shape index (κ1) is 15.8. The van der Waals surface area contributed by atoms with Crippen molar-refractivity contribution >= 4 is 23.2 Å². The maximum absolute atomic E-state index is 6.00. The van der Waals surface area contributed by atoms with Gasteiger partial charge in [0.1, 0.15) is 0 Å². The van der Waals surface area contributed by atoms with Crippen molar-refractivity contribution in [1.29, 1.82) is 0 Å². The molecule has 0 fully saturated rings. The summed E-state index contributed by atoms with van der Waals surface area (Å²) in [7, 11) is 2.11. The lowest BCUT2D eigenvalue weighted by Crippen LogP contribution is -2.30. The van der Waals surface area contributed by atoms with Crippen LogP contribution in [0.15, 0.2) is 18.2 Å². The van der Waals surface area contributed by atoms with Crippen LogP contribution in [0, 0.1) is 5.92 Å². The summed E-state index contributed by atoms with van der Waals surface area (Å²) >= 11 is 11.9. The minimum atomic E-state index is 0.613. The third kappa shape index (κ3) is 6.05. The van der Waals surface area contributed by atoms with Gasteiger partial charge < -0.3 is 10.2 Å². The Hall–Kier alpha value is -0.280. The highest BCUT2D eigenvalue weighted by Crippen LogP contribution is 2.22. The molecule has 102 valence electrons. The summed E-state index contributed by atoms with van der Waals surface area (Å²) in [6.07, 6.45) is 0. The maximum Gasteiger partial charge on any atom is 0.0595 e. The molecule has 0 aliphatic carbocycles. The second-order valence-corrected chi connectivity index (χ2v) is 5.90. The molecule has 0 atom stereocenters. The third-order valence-electron chi connectivity index (χ3n) is 2.66. The second kappa shape index (κ2) is 8.00. The van der Waals surface area contributed by atoms with Crippen LogP contribution in [-0.2, 0) is 6.54 Å². The summed E-state index contributed by atoms with van der Waals surface area (Å²) in [5.41, 5.74) is 1.19. The predicted molar refractivity (Wildman–Crippen MR) is 80.5 cm³/mol. The highest BCUT2D eigenvalue weighted by molar-refractivity contribution is 6.42. The van der Waals surface area contributed by atoms with Crippen LogP contribution in [0.5, 0.6) is 0 Å². The molecule has 0 saturated carbocycles. The third-order valence-corrected chi connectivity index (χ3v) is 3.40. The molecule has 0 saturated heterocycles. The number of nitrogens with zero attached hydrogens (tertiary/aromatic N) is 1. The average Bonchev–Trinajstić information content (AvgIpc) is 2.29. The van der Waals surface area contributed by atoms with Gasteiger partial charge in [-0.15, -0.1) is 0 Å². The molecule has 2 nitrogen and oxygen atoms in total. The molecule has 0 aliphatic rings. The molecule has 0 aliphatic heterocycles. The largest absolute Gasteiger partial charge is 0.315 e. The van der Waals surface area contributed by atoms with Gasteiger partial charge in [0, 0.05) is 19.6 Å². The van der Waals surface area contributed by atoms with Gasteiger partial charge in [-0.05, 0) is 37.2 Å². The molecule has 0 aromatic heterocycles. The normalized spacial score (nSPS) is 11.5. The Morgan fingerprint density at radius 3 is 2.56 bits per heavy atom. The summed E-state index contributed by atoms with van der Waals surface area (Å²) < 4.78 is 0. The summed E-state index contributed by atoms with van der Waals surface area (Å²) in [6.45, 7) is 8.42. The molecule has 0 spiro atoms. The minimum absolute atomic E-state index is 0.613. The van der Waals surface area contributed by atoms with Gasteiger partial charge in [-0.25, -0.2) is 0 Å². The van der Waals surface area contributed by atoms with Crippen LogP contribution in [0.2, 0.25) is 10.0 Å². The fourth-order valence-electron chi connectivity index (χ4n) is 1.69. The summed E-state index contributed by atoms with van der Waals surface area (Å²) in [5.74, 6) is 0.699. The van der Waals surface area contributed by atoms with E-state index in [4.69, 9.17) is 23.2 Å². The molecule has 1 N–H and O–H groups in total. The Morgan fingerprint density at radius 1 is 1.22 bits per heavy atom. The van der Waals surface area contributed by atoms with Crippen molar-refractivity contribution in [3.8, 4) is 0 Å². The zero-order valence-corrected chi connectivity index (χ0v) is 12.9. The van der Waals surface area contributed by atoms with Gasteiger partial charge in [0.25, 0.3) is 0 Å². The number of benzene rings is 1. The molecule has 18 heavy (non-hydrogen) atoms. The Labute approximate surface area is 120 Å². The average molecular weight is 289 g/mol. The molecule has 0 amide bonds. The molecule has 4 heteroatoms. The van der Waals surface area contributed by atoms with Gasteiger partial charge in [0.05, 0.1) is 10.0 Å². The lowest BCUT2D eigenvalue weighted by molar-refractivity contribution is 0.321. The fourth-order valence-corrected chi connectivity index (χ4v) is 2.01. The molecule has 0 radical (unpaired) electrons. The van der Waals surface area contributed by atoms with Gasteiger partial charge >= 0.3 is 0 Å². The highest BCUT2D eigenvalue weighted by Gasteiger charge is 2.03. The van der Waals surface area contributed by atoms with E-state index >= 15 is 0 Å². The number of likely N-dealkylation sites (N-methyl/N-ethyl adjacent to an activating group) is 1. The van der Waals surface area contributed by atoms with Crippen molar-refractivity contribution < 1.29 is 0 Å².